The highest BCUT2D eigenvalue weighted by atomic mass is 14.7. The summed E-state index contributed by atoms with van der Waals surface area (Å²) in [5, 5.41) is 2.75. The van der Waals surface area contributed by atoms with E-state index in [1.165, 1.54) is 25.7 Å². The minimum Gasteiger partial charge on any atom is -0.323 e. The van der Waals surface area contributed by atoms with Crippen molar-refractivity contribution in [2.75, 3.05) is 14.1 Å². The molecule has 0 amide bonds. The van der Waals surface area contributed by atoms with Crippen molar-refractivity contribution in [1.29, 1.82) is 0 Å². The lowest BCUT2D eigenvalue weighted by molar-refractivity contribution is 0.626. The second kappa shape index (κ2) is 152. The van der Waals surface area contributed by atoms with Crippen molar-refractivity contribution in [1.82, 2.24) is 5.32 Å². The molecule has 0 unspecified atom stereocenters. The topological polar surface area (TPSA) is 12.0 Å². The van der Waals surface area contributed by atoms with Crippen LogP contribution in [0.25, 0.3) is 0 Å². The molecule has 0 rings (SSSR count). The molecule has 0 atom stereocenters. The van der Waals surface area contributed by atoms with Gasteiger partial charge in [-0.2, -0.15) is 0 Å². The van der Waals surface area contributed by atoms with E-state index >= 15 is 0 Å². The first-order valence-electron chi connectivity index (χ1n) is 14.1. The minimum absolute atomic E-state index is 0.718. The summed E-state index contributed by atoms with van der Waals surface area (Å²) < 4.78 is 0. The van der Waals surface area contributed by atoms with E-state index in [2.05, 4.69) is 65.9 Å². The summed E-state index contributed by atoms with van der Waals surface area (Å²) in [5.74, 6) is 1.60. The molecule has 0 saturated carbocycles. The Balaban J connectivity index is -0.0000000206. The second-order valence-electron chi connectivity index (χ2n) is 5.43. The third-order valence-electron chi connectivity index (χ3n) is 2.10. The van der Waals surface area contributed by atoms with Gasteiger partial charge in [0.15, 0.2) is 0 Å². The van der Waals surface area contributed by atoms with E-state index in [4.69, 9.17) is 0 Å². The van der Waals surface area contributed by atoms with Gasteiger partial charge in [0.25, 0.3) is 0 Å². The molecule has 0 aliphatic heterocycles. The Morgan fingerprint density at radius 2 is 0.774 bits per heavy atom. The van der Waals surface area contributed by atoms with Gasteiger partial charge < -0.3 is 5.32 Å². The fourth-order valence-electron chi connectivity index (χ4n) is 0.738. The molecule has 1 heteroatoms. The first-order chi connectivity index (χ1) is 14.9. The monoisotopic (exact) mass is 454 g/mol. The molecule has 0 spiro atoms. The van der Waals surface area contributed by atoms with Crippen LogP contribution in [0.2, 0.25) is 0 Å². The van der Waals surface area contributed by atoms with Gasteiger partial charge in [0, 0.05) is 0 Å². The van der Waals surface area contributed by atoms with Gasteiger partial charge in [-0.3, -0.25) is 0 Å². The highest BCUT2D eigenvalue weighted by molar-refractivity contribution is 4.79. The van der Waals surface area contributed by atoms with Crippen LogP contribution >= 0.6 is 0 Å². The van der Waals surface area contributed by atoms with Crippen LogP contribution in [0.15, 0.2) is 12.2 Å². The first-order valence-corrected chi connectivity index (χ1v) is 14.1. The predicted molar refractivity (Wildman–Crippen MR) is 163 cm³/mol. The molecule has 0 fully saturated rings. The Labute approximate surface area is 207 Å². The van der Waals surface area contributed by atoms with Gasteiger partial charge in [0.05, 0.1) is 0 Å². The molecule has 0 aromatic heterocycles. The summed E-state index contributed by atoms with van der Waals surface area (Å²) >= 11 is 0. The van der Waals surface area contributed by atoms with Gasteiger partial charge in [-0.1, -0.05) is 169 Å². The number of allylic oxidation sites excluding steroid dienone is 2. The molecule has 0 heterocycles. The van der Waals surface area contributed by atoms with Crippen LogP contribution in [0.3, 0.4) is 0 Å². The summed E-state index contributed by atoms with van der Waals surface area (Å²) in [6.07, 6.45) is 9.62. The molecule has 0 aromatic rings. The normalized spacial score (nSPS) is 6.84. The molecular weight excluding hydrogens is 374 g/mol. The summed E-state index contributed by atoms with van der Waals surface area (Å²) in [7, 11) is 3.75. The molecule has 0 aliphatic rings. The first kappa shape index (κ1) is 63.2. The number of hydrogen-bond acceptors (Lipinski definition) is 1. The van der Waals surface area contributed by atoms with E-state index in [9.17, 15) is 0 Å². The number of nitrogens with one attached hydrogen (secondary N) is 1. The maximum absolute atomic E-state index is 2.75. The van der Waals surface area contributed by atoms with Gasteiger partial charge in [-0.15, -0.1) is 0 Å². The van der Waals surface area contributed by atoms with E-state index in [0.717, 1.165) is 11.8 Å². The molecule has 0 aliphatic carbocycles. The zero-order valence-corrected chi connectivity index (χ0v) is 27.6. The van der Waals surface area contributed by atoms with Crippen molar-refractivity contribution in [3.05, 3.63) is 12.2 Å². The van der Waals surface area contributed by atoms with E-state index in [1.54, 1.807) is 0 Å². The van der Waals surface area contributed by atoms with Crippen molar-refractivity contribution < 1.29 is 0 Å². The molecule has 1 nitrogen and oxygen atoms in total. The Morgan fingerprint density at radius 1 is 0.581 bits per heavy atom. The second-order valence-corrected chi connectivity index (χ2v) is 5.43. The van der Waals surface area contributed by atoms with Gasteiger partial charge in [0.2, 0.25) is 0 Å². The summed E-state index contributed by atoms with van der Waals surface area (Å²) in [5.41, 5.74) is 0. The number of unbranched alkanes of at least 4 members (excludes halogenated alkanes) is 2. The highest BCUT2D eigenvalue weighted by Gasteiger charge is 1.80. The van der Waals surface area contributed by atoms with E-state index < -0.39 is 0 Å². The van der Waals surface area contributed by atoms with Crippen LogP contribution in [0.1, 0.15) is 164 Å². The molecule has 0 bridgehead atoms. The smallest absolute Gasteiger partial charge is 0.0167 e. The Kier molecular flexibility index (Phi) is 309. The Bertz CT molecular complexity index is 124. The van der Waals surface area contributed by atoms with E-state index in [-0.39, 0.29) is 0 Å². The molecular formula is C30H79N. The predicted octanol–water partition coefficient (Wildman–Crippen LogP) is 12.5. The largest absolute Gasteiger partial charge is 0.323 e. The van der Waals surface area contributed by atoms with Crippen molar-refractivity contribution in [2.24, 2.45) is 11.8 Å². The van der Waals surface area contributed by atoms with Crippen LogP contribution in [-0.2, 0) is 0 Å². The molecule has 0 radical (unpaired) electrons. The number of rotatable bonds is 4. The minimum atomic E-state index is 0.718. The highest BCUT2D eigenvalue weighted by Crippen LogP contribution is 1.94. The lowest BCUT2D eigenvalue weighted by Crippen LogP contribution is -1.89. The van der Waals surface area contributed by atoms with Crippen LogP contribution in [0.5, 0.6) is 0 Å². The summed E-state index contributed by atoms with van der Waals surface area (Å²) in [6.45, 7) is 41.4. The zero-order valence-electron chi connectivity index (χ0n) is 27.6. The van der Waals surface area contributed by atoms with Gasteiger partial charge >= 0.3 is 0 Å². The third kappa shape index (κ3) is 508. The van der Waals surface area contributed by atoms with E-state index in [1.807, 2.05) is 104 Å². The average molecular weight is 454 g/mol. The van der Waals surface area contributed by atoms with E-state index in [0.29, 0.717) is 0 Å². The standard InChI is InChI=1S/C6H12.2C5H12.C2H7N.6C2H6/c1-4-5-6(2)3;1-4-5(2)3;1-3-5-4-2;1-3-2;6*1-2/h4-6H,1-3H3;5H,4H2,1-3H3;3-5H2,1-2H3;3H,1-2H3;6*1-2H3/b5-4-;;;;;;;;;. The quantitative estimate of drug-likeness (QED) is 0.417. The van der Waals surface area contributed by atoms with Gasteiger partial charge in [-0.25, -0.2) is 0 Å². The molecule has 31 heavy (non-hydrogen) atoms. The maximum Gasteiger partial charge on any atom is -0.0167 e. The molecule has 1 N–H and O–H groups in total. The fraction of sp³-hybridized carbons (Fsp3) is 0.933. The number of hydrogen-bond donors (Lipinski definition) is 1. The summed E-state index contributed by atoms with van der Waals surface area (Å²) in [4.78, 5) is 0. The zero-order chi connectivity index (χ0) is 28.1. The lowest BCUT2D eigenvalue weighted by atomic mass is 10.2. The molecule has 0 aromatic carbocycles. The molecule has 0 saturated heterocycles. The van der Waals surface area contributed by atoms with Gasteiger partial charge in [0.1, 0.15) is 0 Å². The Morgan fingerprint density at radius 3 is 0.774 bits per heavy atom. The van der Waals surface area contributed by atoms with Crippen molar-refractivity contribution >= 4 is 0 Å². The van der Waals surface area contributed by atoms with Crippen LogP contribution < -0.4 is 5.32 Å². The molecule has 204 valence electrons. The SMILES string of the molecule is C/C=C\C(C)C.CC.CC.CC.CC.CC.CC.CCC(C)C.CCCCC.CNC. The average Bonchev–Trinajstić information content (AvgIpc) is 2.83. The fourth-order valence-corrected chi connectivity index (χ4v) is 0.738. The van der Waals surface area contributed by atoms with Crippen LogP contribution in [-0.4, -0.2) is 14.1 Å². The Hall–Kier alpha value is -0.300. The van der Waals surface area contributed by atoms with Crippen LogP contribution in [0, 0.1) is 11.8 Å². The maximum atomic E-state index is 2.75. The van der Waals surface area contributed by atoms with Crippen molar-refractivity contribution in [3.8, 4) is 0 Å². The van der Waals surface area contributed by atoms with Crippen molar-refractivity contribution in [3.63, 3.8) is 0 Å². The third-order valence-corrected chi connectivity index (χ3v) is 2.10. The lowest BCUT2D eigenvalue weighted by Gasteiger charge is -1.90. The van der Waals surface area contributed by atoms with Crippen molar-refractivity contribution in [2.45, 2.75) is 164 Å². The van der Waals surface area contributed by atoms with Gasteiger partial charge in [-0.05, 0) is 32.9 Å². The van der Waals surface area contributed by atoms with Crippen LogP contribution in [0.4, 0.5) is 0 Å². The summed E-state index contributed by atoms with van der Waals surface area (Å²) in [6, 6.07) is 0.